The molecule has 5 nitrogen and oxygen atoms in total. The zero-order valence-corrected chi connectivity index (χ0v) is 16.8. The average molecular weight is 383 g/mol. The molecule has 3 rings (SSSR count). The predicted molar refractivity (Wildman–Crippen MR) is 109 cm³/mol. The third-order valence-corrected chi connectivity index (χ3v) is 5.32. The normalized spacial score (nSPS) is 16.7. The fourth-order valence-corrected chi connectivity index (χ4v) is 3.63. The van der Waals surface area contributed by atoms with E-state index in [1.54, 1.807) is 18.9 Å². The van der Waals surface area contributed by atoms with Crippen molar-refractivity contribution in [3.8, 4) is 0 Å². The third kappa shape index (κ3) is 5.32. The lowest BCUT2D eigenvalue weighted by molar-refractivity contribution is 0.00706. The van der Waals surface area contributed by atoms with Gasteiger partial charge in [0.1, 0.15) is 11.3 Å². The van der Waals surface area contributed by atoms with Gasteiger partial charge in [0, 0.05) is 26.6 Å². The van der Waals surface area contributed by atoms with Crippen molar-refractivity contribution < 1.29 is 13.9 Å². The molecule has 2 aromatic rings. The molecule has 1 fully saturated rings. The molecule has 1 aliphatic rings. The fourth-order valence-electron chi connectivity index (χ4n) is 3.63. The molecule has 150 valence electrons. The summed E-state index contributed by atoms with van der Waals surface area (Å²) in [5, 5.41) is 0. The molecule has 28 heavy (non-hydrogen) atoms. The van der Waals surface area contributed by atoms with Crippen LogP contribution in [0.3, 0.4) is 0 Å². The highest BCUT2D eigenvalue weighted by atomic mass is 16.5. The Hall–Kier alpha value is -2.40. The van der Waals surface area contributed by atoms with Crippen LogP contribution in [0, 0.1) is 6.92 Å². The maximum absolute atomic E-state index is 12.8. The maximum atomic E-state index is 12.8. The van der Waals surface area contributed by atoms with Crippen molar-refractivity contribution in [2.45, 2.75) is 51.6 Å². The number of carbonyl (C=O) groups is 1. The van der Waals surface area contributed by atoms with Gasteiger partial charge in [-0.2, -0.15) is 0 Å². The van der Waals surface area contributed by atoms with Gasteiger partial charge in [-0.05, 0) is 56.2 Å². The minimum Gasteiger partial charge on any atom is -0.427 e. The number of rotatable bonds is 7. The Morgan fingerprint density at radius 2 is 1.96 bits per heavy atom. The molecule has 1 unspecified atom stereocenters. The van der Waals surface area contributed by atoms with Gasteiger partial charge in [0.25, 0.3) is 5.91 Å². The molecule has 0 radical (unpaired) electrons. The zero-order valence-electron chi connectivity index (χ0n) is 16.8. The molecule has 0 bridgehead atoms. The largest absolute Gasteiger partial charge is 0.427 e. The van der Waals surface area contributed by atoms with E-state index in [1.165, 1.54) is 12.0 Å². The number of hydrogen-bond donors (Lipinski definition) is 0. The number of aryl methyl sites for hydroxylation is 3. The van der Waals surface area contributed by atoms with Crippen LogP contribution in [-0.4, -0.2) is 37.1 Å². The quantitative estimate of drug-likeness (QED) is 0.730. The van der Waals surface area contributed by atoms with Crippen molar-refractivity contribution in [2.75, 3.05) is 20.2 Å². The fraction of sp³-hybridized carbons (Fsp3) is 0.478. The van der Waals surface area contributed by atoms with Crippen LogP contribution in [0.15, 0.2) is 45.6 Å². The van der Waals surface area contributed by atoms with E-state index in [0.717, 1.165) is 32.3 Å². The molecular weight excluding hydrogens is 354 g/mol. The maximum Gasteiger partial charge on any atom is 0.349 e. The number of hydrogen-bond acceptors (Lipinski definition) is 4. The highest BCUT2D eigenvalue weighted by Gasteiger charge is 2.22. The minimum atomic E-state index is -0.547. The van der Waals surface area contributed by atoms with E-state index in [4.69, 9.17) is 9.15 Å². The lowest BCUT2D eigenvalue weighted by Crippen LogP contribution is -2.34. The first-order valence-electron chi connectivity index (χ1n) is 10.1. The Kier molecular flexibility index (Phi) is 7.04. The van der Waals surface area contributed by atoms with Gasteiger partial charge in [-0.25, -0.2) is 4.79 Å². The second-order valence-electron chi connectivity index (χ2n) is 7.55. The van der Waals surface area contributed by atoms with Crippen molar-refractivity contribution in [3.05, 3.63) is 69.3 Å². The first kappa shape index (κ1) is 20.3. The van der Waals surface area contributed by atoms with Gasteiger partial charge < -0.3 is 14.1 Å². The molecular formula is C23H29NO4. The van der Waals surface area contributed by atoms with Crippen LogP contribution in [0.25, 0.3) is 0 Å². The first-order chi connectivity index (χ1) is 13.5. The summed E-state index contributed by atoms with van der Waals surface area (Å²) in [6.45, 7) is 3.17. The van der Waals surface area contributed by atoms with Crippen LogP contribution in [0.5, 0.6) is 0 Å². The van der Waals surface area contributed by atoms with Gasteiger partial charge in [0.2, 0.25) is 0 Å². The van der Waals surface area contributed by atoms with Crippen LogP contribution in [0.1, 0.15) is 52.9 Å². The Bertz CT molecular complexity index is 837. The Morgan fingerprint density at radius 3 is 2.64 bits per heavy atom. The summed E-state index contributed by atoms with van der Waals surface area (Å²) >= 11 is 0. The van der Waals surface area contributed by atoms with E-state index in [-0.39, 0.29) is 17.6 Å². The van der Waals surface area contributed by atoms with Crippen molar-refractivity contribution in [1.82, 2.24) is 4.90 Å². The number of benzene rings is 1. The predicted octanol–water partition coefficient (Wildman–Crippen LogP) is 3.76. The van der Waals surface area contributed by atoms with Crippen LogP contribution >= 0.6 is 0 Å². The van der Waals surface area contributed by atoms with Crippen LogP contribution in [-0.2, 0) is 17.6 Å². The average Bonchev–Trinajstić information content (AvgIpc) is 2.71. The van der Waals surface area contributed by atoms with Crippen molar-refractivity contribution in [1.29, 1.82) is 0 Å². The van der Waals surface area contributed by atoms with Gasteiger partial charge >= 0.3 is 5.63 Å². The standard InChI is InChI=1S/C23H29NO4/c1-17-16-20(12-11-18-8-4-3-5-9-18)28-23(26)21(17)22(25)24(2)14-13-19-10-6-7-15-27-19/h3-5,8-9,16,19H,6-7,10-15H2,1-2H3. The summed E-state index contributed by atoms with van der Waals surface area (Å²) in [6.07, 6.45) is 5.75. The summed E-state index contributed by atoms with van der Waals surface area (Å²) in [7, 11) is 1.73. The molecule has 0 aliphatic carbocycles. The smallest absolute Gasteiger partial charge is 0.349 e. The van der Waals surface area contributed by atoms with Crippen LogP contribution < -0.4 is 5.63 Å². The third-order valence-electron chi connectivity index (χ3n) is 5.32. The molecule has 0 spiro atoms. The van der Waals surface area contributed by atoms with E-state index < -0.39 is 5.63 Å². The molecule has 1 aliphatic heterocycles. The number of amides is 1. The summed E-state index contributed by atoms with van der Waals surface area (Å²) in [4.78, 5) is 26.9. The van der Waals surface area contributed by atoms with Crippen molar-refractivity contribution in [2.24, 2.45) is 0 Å². The van der Waals surface area contributed by atoms with Gasteiger partial charge in [-0.3, -0.25) is 4.79 Å². The zero-order chi connectivity index (χ0) is 19.9. The Labute approximate surface area is 166 Å². The molecule has 0 N–H and O–H groups in total. The van der Waals surface area contributed by atoms with Gasteiger partial charge in [-0.1, -0.05) is 30.3 Å². The lowest BCUT2D eigenvalue weighted by Gasteiger charge is -2.25. The van der Waals surface area contributed by atoms with Crippen LogP contribution in [0.2, 0.25) is 0 Å². The van der Waals surface area contributed by atoms with Gasteiger partial charge in [0.05, 0.1) is 6.10 Å². The van der Waals surface area contributed by atoms with E-state index in [2.05, 4.69) is 0 Å². The molecule has 1 amide bonds. The van der Waals surface area contributed by atoms with E-state index in [1.807, 2.05) is 36.4 Å². The molecule has 5 heteroatoms. The number of nitrogens with zero attached hydrogens (tertiary/aromatic N) is 1. The molecule has 1 aromatic heterocycles. The van der Waals surface area contributed by atoms with Crippen molar-refractivity contribution >= 4 is 5.91 Å². The van der Waals surface area contributed by atoms with E-state index in [9.17, 15) is 9.59 Å². The highest BCUT2D eigenvalue weighted by Crippen LogP contribution is 2.17. The molecule has 0 saturated carbocycles. The Balaban J connectivity index is 1.62. The first-order valence-corrected chi connectivity index (χ1v) is 10.1. The van der Waals surface area contributed by atoms with Crippen molar-refractivity contribution in [3.63, 3.8) is 0 Å². The molecule has 1 aromatic carbocycles. The molecule has 1 saturated heterocycles. The molecule has 2 heterocycles. The summed E-state index contributed by atoms with van der Waals surface area (Å²) < 4.78 is 11.2. The SMILES string of the molecule is Cc1cc(CCc2ccccc2)oc(=O)c1C(=O)N(C)CCC1CCCCO1. The second-order valence-corrected chi connectivity index (χ2v) is 7.55. The van der Waals surface area contributed by atoms with E-state index in [0.29, 0.717) is 24.3 Å². The topological polar surface area (TPSA) is 59.8 Å². The Morgan fingerprint density at radius 1 is 1.18 bits per heavy atom. The van der Waals surface area contributed by atoms with Crippen LogP contribution in [0.4, 0.5) is 0 Å². The summed E-state index contributed by atoms with van der Waals surface area (Å²) in [5.74, 6) is 0.331. The molecule has 1 atom stereocenters. The van der Waals surface area contributed by atoms with Gasteiger partial charge in [-0.15, -0.1) is 0 Å². The monoisotopic (exact) mass is 383 g/mol. The highest BCUT2D eigenvalue weighted by molar-refractivity contribution is 5.94. The summed E-state index contributed by atoms with van der Waals surface area (Å²) in [5.41, 5.74) is 1.45. The summed E-state index contributed by atoms with van der Waals surface area (Å²) in [6, 6.07) is 11.9. The lowest BCUT2D eigenvalue weighted by atomic mass is 10.0. The number of ether oxygens (including phenoxy) is 1. The van der Waals surface area contributed by atoms with Gasteiger partial charge in [0.15, 0.2) is 0 Å². The van der Waals surface area contributed by atoms with E-state index >= 15 is 0 Å². The number of carbonyl (C=O) groups excluding carboxylic acids is 1. The minimum absolute atomic E-state index is 0.135. The second kappa shape index (κ2) is 9.69.